The van der Waals surface area contributed by atoms with Gasteiger partial charge in [-0.25, -0.2) is 4.79 Å². The van der Waals surface area contributed by atoms with Crippen LogP contribution >= 0.6 is 0 Å². The smallest absolute Gasteiger partial charge is 0.318 e. The van der Waals surface area contributed by atoms with Gasteiger partial charge in [0.15, 0.2) is 11.6 Å². The van der Waals surface area contributed by atoms with Crippen molar-refractivity contribution in [2.45, 2.75) is 26.3 Å². The molecule has 6 rings (SSSR count). The molecule has 12 nitrogen and oxygen atoms in total. The Morgan fingerprint density at radius 1 is 1.11 bits per heavy atom. The second-order valence-electron chi connectivity index (χ2n) is 11.4. The van der Waals surface area contributed by atoms with Crippen LogP contribution in [0.5, 0.6) is 11.5 Å². The van der Waals surface area contributed by atoms with Crippen molar-refractivity contribution >= 4 is 34.5 Å². The van der Waals surface area contributed by atoms with Gasteiger partial charge in [-0.2, -0.15) is 4.98 Å². The summed E-state index contributed by atoms with van der Waals surface area (Å²) < 4.78 is 19.7. The molecule has 0 atom stereocenters. The molecule has 2 aliphatic rings. The van der Waals surface area contributed by atoms with Gasteiger partial charge < -0.3 is 34.1 Å². The van der Waals surface area contributed by atoms with Gasteiger partial charge in [-0.1, -0.05) is 19.0 Å². The van der Waals surface area contributed by atoms with E-state index in [4.69, 9.17) is 19.0 Å². The Bertz CT molecular complexity index is 1750. The summed E-state index contributed by atoms with van der Waals surface area (Å²) in [5.41, 5.74) is 3.23. The number of rotatable bonds is 8. The van der Waals surface area contributed by atoms with Crippen LogP contribution in [0.15, 0.2) is 46.7 Å². The Labute approximate surface area is 255 Å². The minimum Gasteiger partial charge on any atom is -0.497 e. The maximum atomic E-state index is 13.7. The summed E-state index contributed by atoms with van der Waals surface area (Å²) in [5, 5.41) is 10.3. The highest BCUT2D eigenvalue weighted by atomic mass is 16.5. The first-order valence-electron chi connectivity index (χ1n) is 14.8. The van der Waals surface area contributed by atoms with E-state index in [0.29, 0.717) is 46.7 Å². The van der Waals surface area contributed by atoms with Crippen LogP contribution in [0.1, 0.15) is 41.5 Å². The number of fused-ring (bicyclic) bond motifs is 2. The van der Waals surface area contributed by atoms with E-state index >= 15 is 0 Å². The number of methoxy groups -OCH3 is 1. The zero-order chi connectivity index (χ0) is 31.0. The van der Waals surface area contributed by atoms with E-state index in [1.54, 1.807) is 31.4 Å². The summed E-state index contributed by atoms with van der Waals surface area (Å²) in [5.74, 6) is 2.01. The molecule has 4 heterocycles. The van der Waals surface area contributed by atoms with Crippen LogP contribution in [-0.2, 0) is 6.54 Å². The number of Topliss-reactive ketones (excluding diaryl/α,β-unsaturated/α-hetero) is 1. The molecule has 0 bridgehead atoms. The van der Waals surface area contributed by atoms with Crippen molar-refractivity contribution in [3.8, 4) is 23.1 Å². The SMILES string of the molecule is CNC(=O)Nc1ccc2c(c1)C(=O)C(=Cc1c(-c3nc(C(C)C)no3)n(CCN3CCN(C)CC3)c3ccc(OC)cc13)O2. The molecule has 44 heavy (non-hydrogen) atoms. The monoisotopic (exact) mass is 599 g/mol. The fraction of sp³-hybridized carbons (Fsp3) is 0.375. The van der Waals surface area contributed by atoms with Gasteiger partial charge in [-0.05, 0) is 49.5 Å². The van der Waals surface area contributed by atoms with Gasteiger partial charge in [-0.15, -0.1) is 0 Å². The molecule has 2 amide bonds. The molecule has 2 aromatic heterocycles. The van der Waals surface area contributed by atoms with Crippen LogP contribution in [0.25, 0.3) is 28.6 Å². The number of allylic oxidation sites excluding steroid dienone is 1. The molecule has 0 spiro atoms. The number of piperazine rings is 1. The Morgan fingerprint density at radius 2 is 1.91 bits per heavy atom. The normalized spacial score (nSPS) is 16.5. The van der Waals surface area contributed by atoms with Crippen molar-refractivity contribution in [2.75, 3.05) is 59.2 Å². The van der Waals surface area contributed by atoms with Gasteiger partial charge in [-0.3, -0.25) is 9.69 Å². The number of hydrogen-bond donors (Lipinski definition) is 2. The second kappa shape index (κ2) is 12.1. The fourth-order valence-corrected chi connectivity index (χ4v) is 5.57. The molecular formula is C32H37N7O5. The lowest BCUT2D eigenvalue weighted by Gasteiger charge is -2.32. The maximum Gasteiger partial charge on any atom is 0.318 e. The molecular weight excluding hydrogens is 562 g/mol. The van der Waals surface area contributed by atoms with Crippen molar-refractivity contribution in [1.29, 1.82) is 0 Å². The number of urea groups is 1. The van der Waals surface area contributed by atoms with Gasteiger partial charge in [0, 0.05) is 74.4 Å². The number of nitrogens with one attached hydrogen (secondary N) is 2. The number of amides is 2. The molecule has 2 N–H and O–H groups in total. The number of nitrogens with zero attached hydrogens (tertiary/aromatic N) is 5. The van der Waals surface area contributed by atoms with Crippen LogP contribution < -0.4 is 20.1 Å². The number of benzene rings is 2. The molecule has 2 aromatic carbocycles. The number of likely N-dealkylation sites (N-methyl/N-ethyl adjacent to an activating group) is 1. The van der Waals surface area contributed by atoms with Gasteiger partial charge in [0.2, 0.25) is 5.78 Å². The summed E-state index contributed by atoms with van der Waals surface area (Å²) in [6, 6.07) is 10.5. The Kier molecular flexibility index (Phi) is 8.11. The summed E-state index contributed by atoms with van der Waals surface area (Å²) in [6.45, 7) is 9.57. The number of anilines is 1. The Hall–Kier alpha value is -4.68. The zero-order valence-corrected chi connectivity index (χ0v) is 25.6. The molecule has 12 heteroatoms. The Morgan fingerprint density at radius 3 is 2.61 bits per heavy atom. The van der Waals surface area contributed by atoms with Gasteiger partial charge >= 0.3 is 6.03 Å². The topological polar surface area (TPSA) is 127 Å². The first-order valence-corrected chi connectivity index (χ1v) is 14.8. The number of ketones is 1. The van der Waals surface area contributed by atoms with Gasteiger partial charge in [0.25, 0.3) is 5.89 Å². The lowest BCUT2D eigenvalue weighted by Crippen LogP contribution is -2.45. The van der Waals surface area contributed by atoms with Crippen molar-refractivity contribution in [1.82, 2.24) is 29.8 Å². The maximum absolute atomic E-state index is 13.7. The lowest BCUT2D eigenvalue weighted by molar-refractivity contribution is 0.101. The first kappa shape index (κ1) is 29.4. The molecule has 2 aliphatic heterocycles. The quantitative estimate of drug-likeness (QED) is 0.283. The molecule has 0 aliphatic carbocycles. The van der Waals surface area contributed by atoms with Crippen molar-refractivity contribution in [3.05, 3.63) is 59.1 Å². The molecule has 0 radical (unpaired) electrons. The summed E-state index contributed by atoms with van der Waals surface area (Å²) in [7, 11) is 5.30. The van der Waals surface area contributed by atoms with Crippen LogP contribution in [0.2, 0.25) is 0 Å². The van der Waals surface area contributed by atoms with E-state index < -0.39 is 0 Å². The highest BCUT2D eigenvalue weighted by Gasteiger charge is 2.31. The zero-order valence-electron chi connectivity index (χ0n) is 25.6. The minimum atomic E-state index is -0.379. The highest BCUT2D eigenvalue weighted by molar-refractivity contribution is 6.16. The second-order valence-corrected chi connectivity index (χ2v) is 11.4. The fourth-order valence-electron chi connectivity index (χ4n) is 5.57. The number of hydrogen-bond acceptors (Lipinski definition) is 9. The number of carbonyl (C=O) groups excluding carboxylic acids is 2. The van der Waals surface area contributed by atoms with E-state index in [9.17, 15) is 9.59 Å². The highest BCUT2D eigenvalue weighted by Crippen LogP contribution is 2.40. The van der Waals surface area contributed by atoms with Crippen LogP contribution in [0, 0.1) is 0 Å². The molecule has 230 valence electrons. The molecule has 0 saturated carbocycles. The number of carbonyl (C=O) groups is 2. The van der Waals surface area contributed by atoms with E-state index in [1.165, 1.54) is 7.05 Å². The Balaban J connectivity index is 1.47. The van der Waals surface area contributed by atoms with Gasteiger partial charge in [0.1, 0.15) is 17.2 Å². The van der Waals surface area contributed by atoms with Gasteiger partial charge in [0.05, 0.1) is 12.7 Å². The van der Waals surface area contributed by atoms with Crippen molar-refractivity contribution < 1.29 is 23.6 Å². The first-order chi connectivity index (χ1) is 21.2. The van der Waals surface area contributed by atoms with Crippen LogP contribution in [0.3, 0.4) is 0 Å². The van der Waals surface area contributed by atoms with Crippen LogP contribution in [-0.4, -0.2) is 90.3 Å². The summed E-state index contributed by atoms with van der Waals surface area (Å²) >= 11 is 0. The predicted molar refractivity (Wildman–Crippen MR) is 167 cm³/mol. The summed E-state index contributed by atoms with van der Waals surface area (Å²) in [6.07, 6.45) is 1.75. The molecule has 1 saturated heterocycles. The number of aromatic nitrogens is 3. The van der Waals surface area contributed by atoms with E-state index in [-0.39, 0.29) is 23.5 Å². The van der Waals surface area contributed by atoms with Crippen molar-refractivity contribution in [3.63, 3.8) is 0 Å². The largest absolute Gasteiger partial charge is 0.497 e. The standard InChI is InChI=1S/C32H37N7O5/c1-19(2)30-35-31(44-36-30)28-23(18-27-29(40)24-16-20(34-32(41)33-3)6-9-26(24)43-27)22-17-21(42-5)7-8-25(22)39(28)15-14-38-12-10-37(4)11-13-38/h6-9,16-19H,10-15H2,1-5H3,(H2,33,34,41). The van der Waals surface area contributed by atoms with Crippen LogP contribution in [0.4, 0.5) is 10.5 Å². The number of ether oxygens (including phenoxy) is 2. The average molecular weight is 600 g/mol. The third-order valence-electron chi connectivity index (χ3n) is 8.13. The lowest BCUT2D eigenvalue weighted by atomic mass is 10.1. The van der Waals surface area contributed by atoms with E-state index in [0.717, 1.165) is 49.2 Å². The predicted octanol–water partition coefficient (Wildman–Crippen LogP) is 4.44. The minimum absolute atomic E-state index is 0.0735. The third kappa shape index (κ3) is 5.65. The van der Waals surface area contributed by atoms with Crippen molar-refractivity contribution in [2.24, 2.45) is 0 Å². The van der Waals surface area contributed by atoms with E-state index in [2.05, 4.69) is 37.2 Å². The molecule has 4 aromatic rings. The molecule has 1 fully saturated rings. The summed E-state index contributed by atoms with van der Waals surface area (Å²) in [4.78, 5) is 35.1. The third-order valence-corrected chi connectivity index (χ3v) is 8.13. The molecule has 0 unspecified atom stereocenters. The van der Waals surface area contributed by atoms with E-state index in [1.807, 2.05) is 32.0 Å². The average Bonchev–Trinajstić information content (AvgIpc) is 3.71.